The molecule has 6 heteroatoms. The Labute approximate surface area is 93.1 Å². The second kappa shape index (κ2) is 5.29. The number of carboxylic acid groups (broad SMARTS) is 1. The van der Waals surface area contributed by atoms with Crippen LogP contribution in [0.25, 0.3) is 0 Å². The summed E-state index contributed by atoms with van der Waals surface area (Å²) in [6.07, 6.45) is 0.841. The third-order valence-electron chi connectivity index (χ3n) is 2.32. The van der Waals surface area contributed by atoms with Crippen LogP contribution in [-0.4, -0.2) is 33.7 Å². The van der Waals surface area contributed by atoms with Gasteiger partial charge in [-0.15, -0.1) is 0 Å². The number of aromatic amines is 1. The van der Waals surface area contributed by atoms with Gasteiger partial charge < -0.3 is 10.4 Å². The van der Waals surface area contributed by atoms with E-state index in [1.165, 1.54) is 0 Å². The van der Waals surface area contributed by atoms with Crippen molar-refractivity contribution < 1.29 is 14.7 Å². The molecule has 0 unspecified atom stereocenters. The number of carbonyl (C=O) groups is 2. The predicted molar refractivity (Wildman–Crippen MR) is 57.0 cm³/mol. The molecule has 6 nitrogen and oxygen atoms in total. The molecule has 1 aromatic heterocycles. The van der Waals surface area contributed by atoms with E-state index in [1.54, 1.807) is 0 Å². The first-order valence-corrected chi connectivity index (χ1v) is 4.99. The first kappa shape index (κ1) is 12.2. The minimum atomic E-state index is -1.04. The zero-order valence-electron chi connectivity index (χ0n) is 9.33. The van der Waals surface area contributed by atoms with Gasteiger partial charge in [0.15, 0.2) is 0 Å². The monoisotopic (exact) mass is 225 g/mol. The Hall–Kier alpha value is -1.85. The van der Waals surface area contributed by atoms with Crippen molar-refractivity contribution in [3.05, 3.63) is 17.0 Å². The summed E-state index contributed by atoms with van der Waals surface area (Å²) < 4.78 is 0. The lowest BCUT2D eigenvalue weighted by atomic mass is 10.1. The zero-order valence-corrected chi connectivity index (χ0v) is 9.33. The molecule has 0 radical (unpaired) electrons. The van der Waals surface area contributed by atoms with Crippen LogP contribution in [0.1, 0.15) is 23.4 Å². The van der Waals surface area contributed by atoms with Crippen molar-refractivity contribution in [2.24, 2.45) is 0 Å². The molecule has 88 valence electrons. The Balaban J connectivity index is 2.40. The number of nitrogens with zero attached hydrogens (tertiary/aromatic N) is 1. The topological polar surface area (TPSA) is 95.1 Å². The van der Waals surface area contributed by atoms with Crippen molar-refractivity contribution >= 4 is 11.9 Å². The number of aliphatic carboxylic acids is 1. The third kappa shape index (κ3) is 3.38. The van der Waals surface area contributed by atoms with Gasteiger partial charge in [0.1, 0.15) is 6.54 Å². The van der Waals surface area contributed by atoms with E-state index in [4.69, 9.17) is 5.11 Å². The normalized spacial score (nSPS) is 10.1. The van der Waals surface area contributed by atoms with Crippen LogP contribution >= 0.6 is 0 Å². The summed E-state index contributed by atoms with van der Waals surface area (Å²) in [7, 11) is 0. The van der Waals surface area contributed by atoms with Crippen LogP contribution in [0.3, 0.4) is 0 Å². The molecule has 0 saturated heterocycles. The van der Waals surface area contributed by atoms with E-state index < -0.39 is 5.97 Å². The van der Waals surface area contributed by atoms with E-state index in [0.717, 1.165) is 17.0 Å². The molecule has 0 aliphatic rings. The van der Waals surface area contributed by atoms with Crippen LogP contribution in [0.5, 0.6) is 0 Å². The fourth-order valence-electron chi connectivity index (χ4n) is 1.44. The molecule has 1 rings (SSSR count). The number of aryl methyl sites for hydroxylation is 2. The van der Waals surface area contributed by atoms with E-state index >= 15 is 0 Å². The molecule has 0 bridgehead atoms. The molecule has 0 spiro atoms. The van der Waals surface area contributed by atoms with E-state index in [0.29, 0.717) is 6.42 Å². The molecule has 1 heterocycles. The first-order valence-electron chi connectivity index (χ1n) is 4.99. The summed E-state index contributed by atoms with van der Waals surface area (Å²) in [6, 6.07) is 0. The van der Waals surface area contributed by atoms with Crippen LogP contribution < -0.4 is 5.32 Å². The molecular weight excluding hydrogens is 210 g/mol. The number of hydrogen-bond donors (Lipinski definition) is 3. The van der Waals surface area contributed by atoms with Gasteiger partial charge in [0, 0.05) is 12.1 Å². The number of carboxylic acids is 1. The average molecular weight is 225 g/mol. The van der Waals surface area contributed by atoms with Crippen LogP contribution in [0.15, 0.2) is 0 Å². The molecule has 0 atom stereocenters. The smallest absolute Gasteiger partial charge is 0.322 e. The lowest BCUT2D eigenvalue weighted by Crippen LogP contribution is -2.29. The fourth-order valence-corrected chi connectivity index (χ4v) is 1.44. The molecule has 16 heavy (non-hydrogen) atoms. The molecule has 3 N–H and O–H groups in total. The van der Waals surface area contributed by atoms with Crippen LogP contribution in [0, 0.1) is 13.8 Å². The lowest BCUT2D eigenvalue weighted by molar-refractivity contribution is -0.137. The molecule has 0 fully saturated rings. The zero-order chi connectivity index (χ0) is 12.1. The summed E-state index contributed by atoms with van der Waals surface area (Å²) in [5.41, 5.74) is 2.84. The summed E-state index contributed by atoms with van der Waals surface area (Å²) >= 11 is 0. The SMILES string of the molecule is Cc1n[nH]c(C)c1CCC(=O)NCC(=O)O. The summed E-state index contributed by atoms with van der Waals surface area (Å²) in [6.45, 7) is 3.43. The Morgan fingerprint density at radius 1 is 1.44 bits per heavy atom. The van der Waals surface area contributed by atoms with Crippen molar-refractivity contribution in [1.82, 2.24) is 15.5 Å². The third-order valence-corrected chi connectivity index (χ3v) is 2.32. The van der Waals surface area contributed by atoms with Crippen molar-refractivity contribution in [3.63, 3.8) is 0 Å². The summed E-state index contributed by atoms with van der Waals surface area (Å²) in [5, 5.41) is 17.5. The van der Waals surface area contributed by atoms with E-state index in [-0.39, 0.29) is 18.9 Å². The van der Waals surface area contributed by atoms with E-state index in [1.807, 2.05) is 13.8 Å². The van der Waals surface area contributed by atoms with Crippen molar-refractivity contribution in [1.29, 1.82) is 0 Å². The van der Waals surface area contributed by atoms with Gasteiger partial charge in [-0.2, -0.15) is 5.10 Å². The Morgan fingerprint density at radius 2 is 2.12 bits per heavy atom. The van der Waals surface area contributed by atoms with Gasteiger partial charge in [0.2, 0.25) is 5.91 Å². The minimum Gasteiger partial charge on any atom is -0.480 e. The van der Waals surface area contributed by atoms with Crippen molar-refractivity contribution in [2.75, 3.05) is 6.54 Å². The number of rotatable bonds is 5. The Morgan fingerprint density at radius 3 is 2.62 bits per heavy atom. The first-order chi connectivity index (χ1) is 7.50. The fraction of sp³-hybridized carbons (Fsp3) is 0.500. The van der Waals surface area contributed by atoms with Crippen LogP contribution in [0.4, 0.5) is 0 Å². The van der Waals surface area contributed by atoms with Gasteiger partial charge in [0.25, 0.3) is 0 Å². The largest absolute Gasteiger partial charge is 0.480 e. The van der Waals surface area contributed by atoms with Gasteiger partial charge >= 0.3 is 5.97 Å². The molecule has 1 amide bonds. The Bertz CT molecular complexity index is 379. The van der Waals surface area contributed by atoms with Gasteiger partial charge in [-0.1, -0.05) is 0 Å². The highest BCUT2D eigenvalue weighted by molar-refractivity contribution is 5.81. The quantitative estimate of drug-likeness (QED) is 0.665. The maximum Gasteiger partial charge on any atom is 0.322 e. The molecule has 0 aliphatic heterocycles. The van der Waals surface area contributed by atoms with E-state index in [2.05, 4.69) is 15.5 Å². The summed E-state index contributed by atoms with van der Waals surface area (Å²) in [4.78, 5) is 21.5. The van der Waals surface area contributed by atoms with Crippen molar-refractivity contribution in [3.8, 4) is 0 Å². The van der Waals surface area contributed by atoms with Crippen LogP contribution in [-0.2, 0) is 16.0 Å². The summed E-state index contributed by atoms with van der Waals surface area (Å²) in [5.74, 6) is -1.30. The average Bonchev–Trinajstić information content (AvgIpc) is 2.53. The highest BCUT2D eigenvalue weighted by Crippen LogP contribution is 2.11. The maximum absolute atomic E-state index is 11.3. The number of hydrogen-bond acceptors (Lipinski definition) is 3. The predicted octanol–water partition coefficient (Wildman–Crippen LogP) is 0.160. The number of amides is 1. The van der Waals surface area contributed by atoms with Gasteiger partial charge in [-0.25, -0.2) is 0 Å². The number of H-pyrrole nitrogens is 1. The Kier molecular flexibility index (Phi) is 4.04. The number of carbonyl (C=O) groups excluding carboxylic acids is 1. The second-order valence-corrected chi connectivity index (χ2v) is 3.58. The van der Waals surface area contributed by atoms with Gasteiger partial charge in [-0.05, 0) is 25.8 Å². The minimum absolute atomic E-state index is 0.262. The molecular formula is C10H15N3O3. The van der Waals surface area contributed by atoms with Gasteiger partial charge in [0.05, 0.1) is 5.69 Å². The second-order valence-electron chi connectivity index (χ2n) is 3.58. The number of aromatic nitrogens is 2. The highest BCUT2D eigenvalue weighted by atomic mass is 16.4. The molecule has 0 aliphatic carbocycles. The van der Waals surface area contributed by atoms with Crippen LogP contribution in [0.2, 0.25) is 0 Å². The van der Waals surface area contributed by atoms with Crippen molar-refractivity contribution in [2.45, 2.75) is 26.7 Å². The number of nitrogens with one attached hydrogen (secondary N) is 2. The molecule has 1 aromatic rings. The maximum atomic E-state index is 11.3. The van der Waals surface area contributed by atoms with E-state index in [9.17, 15) is 9.59 Å². The van der Waals surface area contributed by atoms with Gasteiger partial charge in [-0.3, -0.25) is 14.7 Å². The standard InChI is InChI=1S/C10H15N3O3/c1-6-8(7(2)13-12-6)3-4-9(14)11-5-10(15)16/h3-5H2,1-2H3,(H,11,14)(H,12,13)(H,15,16). The lowest BCUT2D eigenvalue weighted by Gasteiger charge is -2.02. The molecule has 0 saturated carbocycles. The highest BCUT2D eigenvalue weighted by Gasteiger charge is 2.09. The molecule has 0 aromatic carbocycles.